The van der Waals surface area contributed by atoms with Crippen molar-refractivity contribution < 1.29 is 24.5 Å². The van der Waals surface area contributed by atoms with Crippen molar-refractivity contribution in [3.05, 3.63) is 48.6 Å². The molecule has 0 aromatic heterocycles. The van der Waals surface area contributed by atoms with Crippen LogP contribution in [0.25, 0.3) is 0 Å². The largest absolute Gasteiger partial charge is 0.466 e. The molecule has 63 heavy (non-hydrogen) atoms. The second-order valence-electron chi connectivity index (χ2n) is 18.5. The van der Waals surface area contributed by atoms with Crippen LogP contribution >= 0.6 is 0 Å². The Balaban J connectivity index is 3.50. The SMILES string of the molecule is CCC/C=C\C/C=C\CCCCCCCC(=O)OCCCCCCCCCCC/C=C\CCCCCCCC(=O)NC(CO)C(O)/C=C/CCCCCCCCCCCCCCC. The molecule has 0 fully saturated rings. The topological polar surface area (TPSA) is 95.9 Å². The fourth-order valence-corrected chi connectivity index (χ4v) is 8.08. The molecule has 2 unspecified atom stereocenters. The Bertz CT molecular complexity index is 1070. The van der Waals surface area contributed by atoms with Gasteiger partial charge in [0.25, 0.3) is 0 Å². The lowest BCUT2D eigenvalue weighted by molar-refractivity contribution is -0.143. The van der Waals surface area contributed by atoms with Gasteiger partial charge in [0.05, 0.1) is 25.4 Å². The van der Waals surface area contributed by atoms with Gasteiger partial charge in [-0.1, -0.05) is 229 Å². The molecule has 6 nitrogen and oxygen atoms in total. The summed E-state index contributed by atoms with van der Waals surface area (Å²) >= 11 is 0. The number of aliphatic hydroxyl groups excluding tert-OH is 2. The van der Waals surface area contributed by atoms with E-state index in [2.05, 4.69) is 55.6 Å². The van der Waals surface area contributed by atoms with Crippen LogP contribution in [0.4, 0.5) is 0 Å². The lowest BCUT2D eigenvalue weighted by atomic mass is 10.0. The summed E-state index contributed by atoms with van der Waals surface area (Å²) in [5.74, 6) is -0.0972. The molecule has 0 aliphatic carbocycles. The summed E-state index contributed by atoms with van der Waals surface area (Å²) in [6.07, 6.45) is 65.5. The summed E-state index contributed by atoms with van der Waals surface area (Å²) in [6, 6.07) is -0.639. The first-order chi connectivity index (χ1) is 31.0. The number of carbonyl (C=O) groups excluding carboxylic acids is 2. The van der Waals surface area contributed by atoms with Gasteiger partial charge in [-0.25, -0.2) is 0 Å². The number of unbranched alkanes of at least 4 members (excludes halogenated alkanes) is 33. The first kappa shape index (κ1) is 60.8. The van der Waals surface area contributed by atoms with E-state index in [1.165, 1.54) is 180 Å². The van der Waals surface area contributed by atoms with Gasteiger partial charge >= 0.3 is 5.97 Å². The molecule has 6 heteroatoms. The van der Waals surface area contributed by atoms with E-state index in [0.717, 1.165) is 70.6 Å². The molecule has 0 aromatic rings. The molecule has 3 N–H and O–H groups in total. The highest BCUT2D eigenvalue weighted by atomic mass is 16.5. The van der Waals surface area contributed by atoms with Crippen molar-refractivity contribution in [2.24, 2.45) is 0 Å². The Morgan fingerprint density at radius 2 is 0.825 bits per heavy atom. The van der Waals surface area contributed by atoms with Crippen molar-refractivity contribution in [2.45, 2.75) is 289 Å². The molecule has 0 aromatic carbocycles. The van der Waals surface area contributed by atoms with Crippen LogP contribution in [-0.4, -0.2) is 47.4 Å². The minimum Gasteiger partial charge on any atom is -0.466 e. The van der Waals surface area contributed by atoms with E-state index < -0.39 is 12.1 Å². The van der Waals surface area contributed by atoms with E-state index in [0.29, 0.717) is 19.4 Å². The minimum absolute atomic E-state index is 0.0140. The number of amides is 1. The number of esters is 1. The Kier molecular flexibility index (Phi) is 50.6. The number of rotatable bonds is 50. The molecule has 0 heterocycles. The van der Waals surface area contributed by atoms with Crippen LogP contribution in [0.1, 0.15) is 277 Å². The molecule has 2 atom stereocenters. The van der Waals surface area contributed by atoms with Crippen molar-refractivity contribution in [3.8, 4) is 0 Å². The summed E-state index contributed by atoms with van der Waals surface area (Å²) in [5, 5.41) is 23.1. The van der Waals surface area contributed by atoms with Crippen LogP contribution in [0, 0.1) is 0 Å². The summed E-state index contributed by atoms with van der Waals surface area (Å²) < 4.78 is 5.45. The van der Waals surface area contributed by atoms with Gasteiger partial charge in [-0.2, -0.15) is 0 Å². The molecule has 0 aliphatic rings. The predicted molar refractivity (Wildman–Crippen MR) is 273 cm³/mol. The van der Waals surface area contributed by atoms with Gasteiger partial charge in [-0.05, 0) is 83.5 Å². The summed E-state index contributed by atoms with van der Waals surface area (Å²) in [7, 11) is 0. The van der Waals surface area contributed by atoms with Crippen molar-refractivity contribution >= 4 is 11.9 Å². The average molecular weight is 884 g/mol. The number of allylic oxidation sites excluding steroid dienone is 7. The van der Waals surface area contributed by atoms with Crippen LogP contribution < -0.4 is 5.32 Å². The Morgan fingerprint density at radius 3 is 1.29 bits per heavy atom. The van der Waals surface area contributed by atoms with Crippen LogP contribution in [0.3, 0.4) is 0 Å². The highest BCUT2D eigenvalue weighted by Gasteiger charge is 2.18. The quantitative estimate of drug-likeness (QED) is 0.0321. The molecule has 368 valence electrons. The number of carbonyl (C=O) groups is 2. The lowest BCUT2D eigenvalue weighted by Gasteiger charge is -2.20. The number of nitrogens with one attached hydrogen (secondary N) is 1. The first-order valence-electron chi connectivity index (χ1n) is 27.4. The third kappa shape index (κ3) is 49.1. The zero-order valence-corrected chi connectivity index (χ0v) is 41.8. The first-order valence-corrected chi connectivity index (χ1v) is 27.4. The molecule has 0 saturated carbocycles. The normalized spacial score (nSPS) is 13.0. The van der Waals surface area contributed by atoms with E-state index in [1.807, 2.05) is 6.08 Å². The van der Waals surface area contributed by atoms with E-state index in [1.54, 1.807) is 6.08 Å². The molecule has 0 rings (SSSR count). The van der Waals surface area contributed by atoms with Crippen LogP contribution in [0.15, 0.2) is 48.6 Å². The molecular weight excluding hydrogens is 779 g/mol. The molecule has 0 spiro atoms. The van der Waals surface area contributed by atoms with Gasteiger partial charge in [0, 0.05) is 12.8 Å². The zero-order valence-electron chi connectivity index (χ0n) is 41.8. The molecular formula is C57H105NO5. The number of hydrogen-bond acceptors (Lipinski definition) is 5. The van der Waals surface area contributed by atoms with E-state index in [4.69, 9.17) is 4.74 Å². The van der Waals surface area contributed by atoms with Gasteiger partial charge in [-0.15, -0.1) is 0 Å². The minimum atomic E-state index is -0.854. The van der Waals surface area contributed by atoms with Crippen LogP contribution in [0.5, 0.6) is 0 Å². The zero-order chi connectivity index (χ0) is 45.8. The van der Waals surface area contributed by atoms with Gasteiger partial charge < -0.3 is 20.3 Å². The highest BCUT2D eigenvalue weighted by molar-refractivity contribution is 5.76. The molecule has 0 radical (unpaired) electrons. The van der Waals surface area contributed by atoms with Crippen LogP contribution in [-0.2, 0) is 14.3 Å². The number of hydrogen-bond donors (Lipinski definition) is 3. The molecule has 1 amide bonds. The van der Waals surface area contributed by atoms with Crippen molar-refractivity contribution in [1.29, 1.82) is 0 Å². The Labute approximate surface area is 391 Å². The van der Waals surface area contributed by atoms with E-state index in [9.17, 15) is 19.8 Å². The van der Waals surface area contributed by atoms with Crippen LogP contribution in [0.2, 0.25) is 0 Å². The van der Waals surface area contributed by atoms with E-state index in [-0.39, 0.29) is 18.5 Å². The molecule has 0 bridgehead atoms. The predicted octanol–water partition coefficient (Wildman–Crippen LogP) is 16.6. The Morgan fingerprint density at radius 1 is 0.444 bits per heavy atom. The second kappa shape index (κ2) is 52.4. The Hall–Kier alpha value is -2.18. The number of aliphatic hydroxyl groups is 2. The van der Waals surface area contributed by atoms with Gasteiger partial charge in [0.2, 0.25) is 5.91 Å². The summed E-state index contributed by atoms with van der Waals surface area (Å²) in [6.45, 7) is 4.81. The van der Waals surface area contributed by atoms with Gasteiger partial charge in [0.15, 0.2) is 0 Å². The standard InChI is InChI=1S/C57H105NO5/c1-3-5-7-9-11-13-15-17-22-26-29-33-37-41-45-49-55(60)54(53-59)58-56(61)50-46-42-38-34-30-27-23-20-18-19-21-24-28-32-36-40-44-48-52-63-57(62)51-47-43-39-35-31-25-16-14-12-10-8-6-4-2/h8,10,14,16,20,23,45,49,54-55,59-60H,3-7,9,11-13,15,17-19,21-22,24-44,46-48,50-53H2,1-2H3,(H,58,61)/b10-8-,16-14-,23-20-,49-45+. The molecule has 0 saturated heterocycles. The molecule has 0 aliphatic heterocycles. The van der Waals surface area contributed by atoms with E-state index >= 15 is 0 Å². The smallest absolute Gasteiger partial charge is 0.305 e. The third-order valence-corrected chi connectivity index (χ3v) is 12.3. The van der Waals surface area contributed by atoms with Gasteiger partial charge in [0.1, 0.15) is 0 Å². The highest BCUT2D eigenvalue weighted by Crippen LogP contribution is 2.15. The monoisotopic (exact) mass is 884 g/mol. The average Bonchev–Trinajstić information content (AvgIpc) is 3.28. The fraction of sp³-hybridized carbons (Fsp3) is 0.825. The number of ether oxygens (including phenoxy) is 1. The third-order valence-electron chi connectivity index (χ3n) is 12.3. The fourth-order valence-electron chi connectivity index (χ4n) is 8.08. The van der Waals surface area contributed by atoms with Gasteiger partial charge in [-0.3, -0.25) is 9.59 Å². The second-order valence-corrected chi connectivity index (χ2v) is 18.5. The maximum Gasteiger partial charge on any atom is 0.305 e. The maximum absolute atomic E-state index is 12.4. The lowest BCUT2D eigenvalue weighted by Crippen LogP contribution is -2.45. The van der Waals surface area contributed by atoms with Crippen molar-refractivity contribution in [1.82, 2.24) is 5.32 Å². The summed E-state index contributed by atoms with van der Waals surface area (Å²) in [4.78, 5) is 24.4. The maximum atomic E-state index is 12.4. The summed E-state index contributed by atoms with van der Waals surface area (Å²) in [5.41, 5.74) is 0. The van der Waals surface area contributed by atoms with Crippen molar-refractivity contribution in [2.75, 3.05) is 13.2 Å². The van der Waals surface area contributed by atoms with Crippen molar-refractivity contribution in [3.63, 3.8) is 0 Å².